The number of benzene rings is 2. The van der Waals surface area contributed by atoms with Gasteiger partial charge in [0.15, 0.2) is 0 Å². The van der Waals surface area contributed by atoms with Gasteiger partial charge in [0.25, 0.3) is 0 Å². The fraction of sp³-hybridized carbons (Fsp3) is 0.300. The van der Waals surface area contributed by atoms with Crippen LogP contribution in [0.25, 0.3) is 0 Å². The van der Waals surface area contributed by atoms with E-state index in [0.717, 1.165) is 49.6 Å². The normalized spacial score (nSPS) is 10.5. The van der Waals surface area contributed by atoms with Crippen molar-refractivity contribution in [3.8, 4) is 5.75 Å². The molecule has 33 heavy (non-hydrogen) atoms. The predicted molar refractivity (Wildman–Crippen MR) is 114 cm³/mol. The average Bonchev–Trinajstić information content (AvgIpc) is 2.70. The van der Waals surface area contributed by atoms with Gasteiger partial charge in [-0.3, -0.25) is 0 Å². The smallest absolute Gasteiger partial charge is 0.744 e. The van der Waals surface area contributed by atoms with Crippen molar-refractivity contribution < 1.29 is 74.2 Å². The predicted octanol–water partition coefficient (Wildman–Crippen LogP) is -0.0120. The summed E-state index contributed by atoms with van der Waals surface area (Å²) in [4.78, 5) is 22.9. The van der Waals surface area contributed by atoms with E-state index in [2.05, 4.69) is 4.74 Å². The molecule has 0 aliphatic rings. The van der Waals surface area contributed by atoms with Crippen LogP contribution in [0.2, 0.25) is 0 Å². The third-order valence-corrected chi connectivity index (χ3v) is 5.68. The number of hydrogen-bond donors (Lipinski definition) is 0. The monoisotopic (exact) mass is 512 g/mol. The Kier molecular flexibility index (Phi) is 13.8. The van der Waals surface area contributed by atoms with Gasteiger partial charge in [0.2, 0.25) is 0 Å². The maximum Gasteiger partial charge on any atom is 1.00 e. The first-order valence-electron chi connectivity index (χ1n) is 8.39. The molecule has 0 radical (unpaired) electrons. The summed E-state index contributed by atoms with van der Waals surface area (Å²) in [5.74, 6) is -2.02. The maximum atomic E-state index is 12.6. The Balaban J connectivity index is 0. The van der Waals surface area contributed by atoms with Crippen molar-refractivity contribution in [3.63, 3.8) is 0 Å². The summed E-state index contributed by atoms with van der Waals surface area (Å²) in [6.07, 6.45) is 0.534. The molecule has 0 aliphatic heterocycles. The summed E-state index contributed by atoms with van der Waals surface area (Å²) in [6, 6.07) is 6.75. The summed E-state index contributed by atoms with van der Waals surface area (Å²) in [5.41, 5.74) is -0.431. The van der Waals surface area contributed by atoms with E-state index in [1.165, 1.54) is 0 Å². The number of esters is 2. The van der Waals surface area contributed by atoms with Gasteiger partial charge in [-0.15, -0.1) is 0 Å². The molecule has 0 saturated carbocycles. The molecule has 2 aromatic carbocycles. The summed E-state index contributed by atoms with van der Waals surface area (Å²) >= 11 is 0. The molecular formula is C20H25NaO10S2. The first-order valence-corrected chi connectivity index (χ1v) is 11.2. The number of carbonyl (C=O) groups excluding carboxylic acids is 2. The summed E-state index contributed by atoms with van der Waals surface area (Å²) in [5, 5.41) is 0. The number of ether oxygens (including phenoxy) is 2. The second-order valence-electron chi connectivity index (χ2n) is 5.84. The SMILES string of the molecule is C.C.CCCOC(=O)c1cc(C(=O)OC)cc(S(=O)(=O)Oc2ccc(S(=O)(=O)[O-])cc2)c1.[Na+]. The largest absolute Gasteiger partial charge is 1.00 e. The van der Waals surface area contributed by atoms with E-state index in [1.54, 1.807) is 6.92 Å². The first kappa shape index (κ1) is 33.2. The molecule has 178 valence electrons. The van der Waals surface area contributed by atoms with E-state index in [9.17, 15) is 31.0 Å². The van der Waals surface area contributed by atoms with Crippen LogP contribution in [0.3, 0.4) is 0 Å². The van der Waals surface area contributed by atoms with E-state index in [-0.39, 0.29) is 67.9 Å². The van der Waals surface area contributed by atoms with Gasteiger partial charge < -0.3 is 18.2 Å². The van der Waals surface area contributed by atoms with Gasteiger partial charge in [0.05, 0.1) is 29.7 Å². The van der Waals surface area contributed by atoms with Crippen LogP contribution in [0.1, 0.15) is 48.9 Å². The zero-order valence-electron chi connectivity index (χ0n) is 16.9. The molecule has 13 heteroatoms. The van der Waals surface area contributed by atoms with Crippen molar-refractivity contribution >= 4 is 32.2 Å². The van der Waals surface area contributed by atoms with Crippen molar-refractivity contribution in [2.75, 3.05) is 13.7 Å². The molecule has 0 atom stereocenters. The zero-order chi connectivity index (χ0) is 22.5. The average molecular weight is 513 g/mol. The van der Waals surface area contributed by atoms with Gasteiger partial charge in [-0.05, 0) is 48.9 Å². The Labute approximate surface area is 216 Å². The van der Waals surface area contributed by atoms with Crippen LogP contribution < -0.4 is 33.7 Å². The Morgan fingerprint density at radius 1 is 0.879 bits per heavy atom. The van der Waals surface area contributed by atoms with Gasteiger partial charge in [-0.2, -0.15) is 8.42 Å². The molecule has 2 rings (SSSR count). The molecule has 0 N–H and O–H groups in total. The van der Waals surface area contributed by atoms with E-state index in [1.807, 2.05) is 0 Å². The van der Waals surface area contributed by atoms with Gasteiger partial charge in [-0.25, -0.2) is 18.0 Å². The van der Waals surface area contributed by atoms with Crippen LogP contribution in [0.4, 0.5) is 0 Å². The van der Waals surface area contributed by atoms with Gasteiger partial charge in [0, 0.05) is 0 Å². The van der Waals surface area contributed by atoms with Gasteiger partial charge in [-0.1, -0.05) is 21.8 Å². The van der Waals surface area contributed by atoms with Crippen LogP contribution >= 0.6 is 0 Å². The van der Waals surface area contributed by atoms with E-state index < -0.39 is 42.0 Å². The molecule has 0 saturated heterocycles. The van der Waals surface area contributed by atoms with Crippen LogP contribution in [0.5, 0.6) is 5.75 Å². The standard InChI is InChI=1S/C18H18O10S2.2CH4.Na/c1-3-8-27-18(20)13-9-12(17(19)26-2)10-16(11-13)30(24,25)28-14-4-6-15(7-5-14)29(21,22)23;;;/h4-7,9-11H,3,8H2,1-2H3,(H,21,22,23);2*1H4;/q;;;+1/p-1. The minimum absolute atomic E-state index is 0. The molecule has 0 heterocycles. The fourth-order valence-corrected chi connectivity index (χ4v) is 3.68. The Morgan fingerprint density at radius 2 is 1.39 bits per heavy atom. The summed E-state index contributed by atoms with van der Waals surface area (Å²) < 4.78 is 72.6. The number of carbonyl (C=O) groups is 2. The number of methoxy groups -OCH3 is 1. The summed E-state index contributed by atoms with van der Waals surface area (Å²) in [7, 11) is -8.18. The Morgan fingerprint density at radius 3 is 1.85 bits per heavy atom. The minimum Gasteiger partial charge on any atom is -0.744 e. The van der Waals surface area contributed by atoms with Crippen molar-refractivity contribution in [3.05, 3.63) is 53.6 Å². The molecule has 2 aromatic rings. The van der Waals surface area contributed by atoms with Crippen molar-refractivity contribution in [1.29, 1.82) is 0 Å². The Hall–Kier alpha value is -1.96. The molecule has 0 aromatic heterocycles. The number of hydrogen-bond acceptors (Lipinski definition) is 10. The topological polar surface area (TPSA) is 153 Å². The van der Waals surface area contributed by atoms with Crippen LogP contribution in [-0.2, 0) is 29.7 Å². The third-order valence-electron chi connectivity index (χ3n) is 3.61. The van der Waals surface area contributed by atoms with Crippen molar-refractivity contribution in [2.45, 2.75) is 38.0 Å². The molecular weight excluding hydrogens is 487 g/mol. The third kappa shape index (κ3) is 9.07. The second-order valence-corrected chi connectivity index (χ2v) is 8.76. The Bertz CT molecular complexity index is 1160. The van der Waals surface area contributed by atoms with E-state index >= 15 is 0 Å². The zero-order valence-corrected chi connectivity index (χ0v) is 20.5. The van der Waals surface area contributed by atoms with Gasteiger partial charge in [0.1, 0.15) is 20.8 Å². The summed E-state index contributed by atoms with van der Waals surface area (Å²) in [6.45, 7) is 1.86. The number of rotatable bonds is 8. The van der Waals surface area contributed by atoms with Crippen LogP contribution in [0.15, 0.2) is 52.3 Å². The maximum absolute atomic E-state index is 12.6. The molecule has 0 aliphatic carbocycles. The van der Waals surface area contributed by atoms with Gasteiger partial charge >= 0.3 is 51.6 Å². The first-order chi connectivity index (χ1) is 14.0. The van der Waals surface area contributed by atoms with Crippen LogP contribution in [0, 0.1) is 0 Å². The van der Waals surface area contributed by atoms with Crippen LogP contribution in [-0.4, -0.2) is 47.0 Å². The minimum atomic E-state index is -4.71. The molecule has 0 amide bonds. The van der Waals surface area contributed by atoms with Crippen molar-refractivity contribution in [2.24, 2.45) is 0 Å². The fourth-order valence-electron chi connectivity index (χ4n) is 2.21. The molecule has 0 fully saturated rings. The molecule has 0 spiro atoms. The molecule has 10 nitrogen and oxygen atoms in total. The van der Waals surface area contributed by atoms with E-state index in [4.69, 9.17) is 8.92 Å². The molecule has 0 bridgehead atoms. The quantitative estimate of drug-likeness (QED) is 0.204. The molecule has 0 unspecified atom stereocenters. The second kappa shape index (κ2) is 13.7. The van der Waals surface area contributed by atoms with Crippen molar-refractivity contribution in [1.82, 2.24) is 0 Å². The van der Waals surface area contributed by atoms with E-state index in [0.29, 0.717) is 6.42 Å².